The standard InChI is InChI=1S/C20H15F3N2O3/c1-12-11-24-28-18(12)19(27)25-16-7-3-5-14(10-16)17(26)9-13-4-2-6-15(8-13)20(21,22)23/h2-8,10-11H,9H2,1H3,(H,25,27). The van der Waals surface area contributed by atoms with Crippen LogP contribution in [-0.4, -0.2) is 16.8 Å². The first-order valence-electron chi connectivity index (χ1n) is 8.26. The van der Waals surface area contributed by atoms with Gasteiger partial charge in [0.25, 0.3) is 5.91 Å². The van der Waals surface area contributed by atoms with Crippen molar-refractivity contribution in [3.63, 3.8) is 0 Å². The number of carbonyl (C=O) groups is 2. The summed E-state index contributed by atoms with van der Waals surface area (Å²) in [5, 5.41) is 6.13. The van der Waals surface area contributed by atoms with Crippen LogP contribution in [0.2, 0.25) is 0 Å². The summed E-state index contributed by atoms with van der Waals surface area (Å²) < 4.78 is 43.3. The number of ketones is 1. The molecule has 1 heterocycles. The summed E-state index contributed by atoms with van der Waals surface area (Å²) in [6.07, 6.45) is -3.26. The number of aromatic nitrogens is 1. The Balaban J connectivity index is 1.74. The van der Waals surface area contributed by atoms with Crippen LogP contribution in [0.5, 0.6) is 0 Å². The quantitative estimate of drug-likeness (QED) is 0.644. The smallest absolute Gasteiger partial charge is 0.351 e. The number of aryl methyl sites for hydroxylation is 1. The summed E-state index contributed by atoms with van der Waals surface area (Å²) >= 11 is 0. The van der Waals surface area contributed by atoms with Gasteiger partial charge in [0, 0.05) is 23.2 Å². The maximum atomic E-state index is 12.8. The van der Waals surface area contributed by atoms with Gasteiger partial charge in [0.2, 0.25) is 5.76 Å². The third kappa shape index (κ3) is 4.46. The Morgan fingerprint density at radius 3 is 2.54 bits per heavy atom. The van der Waals surface area contributed by atoms with Crippen molar-refractivity contribution in [1.82, 2.24) is 5.16 Å². The van der Waals surface area contributed by atoms with Gasteiger partial charge in [-0.3, -0.25) is 9.59 Å². The van der Waals surface area contributed by atoms with E-state index in [9.17, 15) is 22.8 Å². The number of rotatable bonds is 5. The number of Topliss-reactive ketones (excluding diaryl/α,β-unsaturated/α-hetero) is 1. The van der Waals surface area contributed by atoms with E-state index >= 15 is 0 Å². The Labute approximate surface area is 158 Å². The summed E-state index contributed by atoms with van der Waals surface area (Å²) in [7, 11) is 0. The monoisotopic (exact) mass is 388 g/mol. The minimum Gasteiger partial charge on any atom is -0.351 e. The maximum Gasteiger partial charge on any atom is 0.416 e. The molecule has 0 bridgehead atoms. The Kier molecular flexibility index (Phi) is 5.30. The molecule has 3 rings (SSSR count). The van der Waals surface area contributed by atoms with Crippen LogP contribution in [0.25, 0.3) is 0 Å². The molecule has 5 nitrogen and oxygen atoms in total. The van der Waals surface area contributed by atoms with Crippen molar-refractivity contribution in [3.05, 3.63) is 82.7 Å². The minimum atomic E-state index is -4.47. The third-order valence-electron chi connectivity index (χ3n) is 4.02. The zero-order valence-corrected chi connectivity index (χ0v) is 14.7. The lowest BCUT2D eigenvalue weighted by molar-refractivity contribution is -0.137. The second kappa shape index (κ2) is 7.67. The molecule has 1 N–H and O–H groups in total. The third-order valence-corrected chi connectivity index (χ3v) is 4.02. The predicted molar refractivity (Wildman–Crippen MR) is 95.1 cm³/mol. The van der Waals surface area contributed by atoms with Crippen molar-refractivity contribution in [1.29, 1.82) is 0 Å². The second-order valence-corrected chi connectivity index (χ2v) is 6.17. The van der Waals surface area contributed by atoms with Crippen molar-refractivity contribution in [3.8, 4) is 0 Å². The number of halogens is 3. The van der Waals surface area contributed by atoms with Crippen LogP contribution in [0.1, 0.15) is 37.6 Å². The lowest BCUT2D eigenvalue weighted by Crippen LogP contribution is -2.13. The van der Waals surface area contributed by atoms with Crippen molar-refractivity contribution < 1.29 is 27.3 Å². The molecule has 1 aromatic heterocycles. The van der Waals surface area contributed by atoms with Crippen molar-refractivity contribution in [2.75, 3.05) is 5.32 Å². The van der Waals surface area contributed by atoms with Crippen molar-refractivity contribution in [2.45, 2.75) is 19.5 Å². The molecule has 0 aliphatic rings. The molecule has 0 atom stereocenters. The molecule has 144 valence electrons. The lowest BCUT2D eigenvalue weighted by Gasteiger charge is -2.09. The number of hydrogen-bond acceptors (Lipinski definition) is 4. The topological polar surface area (TPSA) is 72.2 Å². The highest BCUT2D eigenvalue weighted by Crippen LogP contribution is 2.29. The number of hydrogen-bond donors (Lipinski definition) is 1. The number of nitrogens with one attached hydrogen (secondary N) is 1. The van der Waals surface area contributed by atoms with Gasteiger partial charge < -0.3 is 9.84 Å². The van der Waals surface area contributed by atoms with Gasteiger partial charge in [-0.05, 0) is 30.7 Å². The van der Waals surface area contributed by atoms with E-state index in [1.54, 1.807) is 19.1 Å². The summed E-state index contributed by atoms with van der Waals surface area (Å²) in [6.45, 7) is 1.67. The molecule has 8 heteroatoms. The van der Waals surface area contributed by atoms with Gasteiger partial charge in [-0.15, -0.1) is 0 Å². The SMILES string of the molecule is Cc1cnoc1C(=O)Nc1cccc(C(=O)Cc2cccc(C(F)(F)F)c2)c1. The molecule has 0 saturated heterocycles. The normalized spacial score (nSPS) is 11.3. The molecule has 3 aromatic rings. The number of amides is 1. The average Bonchev–Trinajstić information content (AvgIpc) is 3.07. The first-order valence-corrected chi connectivity index (χ1v) is 8.26. The number of benzene rings is 2. The van der Waals surface area contributed by atoms with Gasteiger partial charge in [-0.2, -0.15) is 13.2 Å². The molecule has 0 fully saturated rings. The lowest BCUT2D eigenvalue weighted by atomic mass is 10.0. The van der Waals surface area contributed by atoms with E-state index in [-0.39, 0.29) is 29.1 Å². The van der Waals surface area contributed by atoms with E-state index in [1.165, 1.54) is 30.5 Å². The number of anilines is 1. The Bertz CT molecular complexity index is 1030. The maximum absolute atomic E-state index is 12.8. The first-order chi connectivity index (χ1) is 13.2. The van der Waals surface area contributed by atoms with E-state index in [0.717, 1.165) is 12.1 Å². The van der Waals surface area contributed by atoms with Crippen LogP contribution in [0.4, 0.5) is 18.9 Å². The van der Waals surface area contributed by atoms with Crippen LogP contribution in [-0.2, 0) is 12.6 Å². The predicted octanol–water partition coefficient (Wildman–Crippen LogP) is 4.68. The first kappa shape index (κ1) is 19.3. The minimum absolute atomic E-state index is 0.0562. The molecule has 28 heavy (non-hydrogen) atoms. The number of carbonyl (C=O) groups excluding carboxylic acids is 2. The molecule has 0 saturated carbocycles. The molecular formula is C20H15F3N2O3. The highest BCUT2D eigenvalue weighted by Gasteiger charge is 2.30. The van der Waals surface area contributed by atoms with Gasteiger partial charge in [0.15, 0.2) is 5.78 Å². The number of alkyl halides is 3. The summed E-state index contributed by atoms with van der Waals surface area (Å²) in [5.74, 6) is -0.829. The fourth-order valence-corrected chi connectivity index (χ4v) is 2.61. The molecule has 0 aliphatic heterocycles. The van der Waals surface area contributed by atoms with Gasteiger partial charge >= 0.3 is 6.18 Å². The molecule has 0 unspecified atom stereocenters. The van der Waals surface area contributed by atoms with Gasteiger partial charge in [0.1, 0.15) is 0 Å². The second-order valence-electron chi connectivity index (χ2n) is 6.17. The highest BCUT2D eigenvalue weighted by atomic mass is 19.4. The van der Waals surface area contributed by atoms with E-state index in [4.69, 9.17) is 4.52 Å². The fourth-order valence-electron chi connectivity index (χ4n) is 2.61. The van der Waals surface area contributed by atoms with Crippen LogP contribution in [0, 0.1) is 6.92 Å². The summed E-state index contributed by atoms with van der Waals surface area (Å²) in [6, 6.07) is 10.8. The van der Waals surface area contributed by atoms with Crippen LogP contribution in [0.15, 0.2) is 59.3 Å². The summed E-state index contributed by atoms with van der Waals surface area (Å²) in [5.41, 5.74) is 0.641. The molecular weight excluding hydrogens is 373 g/mol. The molecule has 1 amide bonds. The van der Waals surface area contributed by atoms with Crippen LogP contribution >= 0.6 is 0 Å². The Morgan fingerprint density at radius 2 is 1.86 bits per heavy atom. The van der Waals surface area contributed by atoms with Gasteiger partial charge in [0.05, 0.1) is 11.8 Å². The van der Waals surface area contributed by atoms with Crippen molar-refractivity contribution in [2.24, 2.45) is 0 Å². The Hall–Kier alpha value is -3.42. The molecule has 0 spiro atoms. The average molecular weight is 388 g/mol. The molecule has 0 radical (unpaired) electrons. The van der Waals surface area contributed by atoms with Crippen LogP contribution in [0.3, 0.4) is 0 Å². The largest absolute Gasteiger partial charge is 0.416 e. The zero-order chi connectivity index (χ0) is 20.3. The van der Waals surface area contributed by atoms with E-state index < -0.39 is 17.6 Å². The molecule has 2 aromatic carbocycles. The Morgan fingerprint density at radius 1 is 1.11 bits per heavy atom. The highest BCUT2D eigenvalue weighted by molar-refractivity contribution is 6.04. The summed E-state index contributed by atoms with van der Waals surface area (Å²) in [4.78, 5) is 24.6. The zero-order valence-electron chi connectivity index (χ0n) is 14.7. The fraction of sp³-hybridized carbons (Fsp3) is 0.150. The van der Waals surface area contributed by atoms with Crippen molar-refractivity contribution >= 4 is 17.4 Å². The van der Waals surface area contributed by atoms with E-state index in [0.29, 0.717) is 11.3 Å². The number of nitrogens with zero attached hydrogens (tertiary/aromatic N) is 1. The van der Waals surface area contributed by atoms with E-state index in [1.807, 2.05) is 0 Å². The molecule has 0 aliphatic carbocycles. The van der Waals surface area contributed by atoms with Gasteiger partial charge in [-0.1, -0.05) is 35.5 Å². The van der Waals surface area contributed by atoms with Crippen LogP contribution < -0.4 is 5.32 Å². The van der Waals surface area contributed by atoms with E-state index in [2.05, 4.69) is 10.5 Å². The van der Waals surface area contributed by atoms with Gasteiger partial charge in [-0.25, -0.2) is 0 Å².